The summed E-state index contributed by atoms with van der Waals surface area (Å²) < 4.78 is 38.1. The Morgan fingerprint density at radius 3 is 2.00 bits per heavy atom. The first kappa shape index (κ1) is 13.3. The zero-order chi connectivity index (χ0) is 11.6. The molecule has 0 saturated heterocycles. The lowest BCUT2D eigenvalue weighted by Gasteiger charge is -2.26. The molecule has 0 amide bonds. The molecule has 0 aliphatic carbocycles. The van der Waals surface area contributed by atoms with Gasteiger partial charge in [0.15, 0.2) is 0 Å². The Balaban J connectivity index is 4.09. The van der Waals surface area contributed by atoms with E-state index >= 15 is 0 Å². The fourth-order valence-electron chi connectivity index (χ4n) is 0.727. The molecule has 0 rings (SSSR count). The molecule has 0 aliphatic rings. The molecule has 0 saturated carbocycles. The summed E-state index contributed by atoms with van der Waals surface area (Å²) in [5.74, 6) is -1.38. The zero-order valence-corrected chi connectivity index (χ0v) is 8.73. The Hall–Kier alpha value is -0.740. The van der Waals surface area contributed by atoms with Gasteiger partial charge in [-0.2, -0.15) is 0 Å². The quantitative estimate of drug-likeness (QED) is 0.657. The molecule has 14 heavy (non-hydrogen) atoms. The van der Waals surface area contributed by atoms with E-state index in [1.54, 1.807) is 6.92 Å². The molecule has 0 fully saturated rings. The van der Waals surface area contributed by atoms with Crippen LogP contribution in [-0.4, -0.2) is 12.3 Å². The SMILES string of the molecule is CC(CC(=O)OC(F)(F)F)C(C)(C)C. The van der Waals surface area contributed by atoms with E-state index in [1.807, 2.05) is 20.8 Å². The van der Waals surface area contributed by atoms with Gasteiger partial charge in [-0.25, -0.2) is 0 Å². The number of ether oxygens (including phenoxy) is 1. The molecule has 0 spiro atoms. The molecule has 5 heteroatoms. The van der Waals surface area contributed by atoms with Gasteiger partial charge in [0.05, 0.1) is 0 Å². The fourth-order valence-corrected chi connectivity index (χ4v) is 0.727. The standard InChI is InChI=1S/C9H15F3O2/c1-6(8(2,3)4)5-7(13)14-9(10,11)12/h6H,5H2,1-4H3. The minimum atomic E-state index is -4.87. The van der Waals surface area contributed by atoms with Crippen LogP contribution in [0.1, 0.15) is 34.1 Å². The second kappa shape index (κ2) is 4.19. The third-order valence-corrected chi connectivity index (χ3v) is 2.18. The molecule has 0 aromatic heterocycles. The van der Waals surface area contributed by atoms with E-state index in [-0.39, 0.29) is 17.8 Å². The molecule has 0 N–H and O–H groups in total. The van der Waals surface area contributed by atoms with E-state index in [0.29, 0.717) is 0 Å². The number of carbonyl (C=O) groups excluding carboxylic acids is 1. The van der Waals surface area contributed by atoms with Crippen molar-refractivity contribution in [1.82, 2.24) is 0 Å². The third kappa shape index (κ3) is 5.83. The number of halogens is 3. The number of alkyl halides is 3. The van der Waals surface area contributed by atoms with Gasteiger partial charge in [0, 0.05) is 6.42 Å². The monoisotopic (exact) mass is 212 g/mol. The highest BCUT2D eigenvalue weighted by atomic mass is 19.4. The Labute approximate surface area is 81.4 Å². The molecule has 84 valence electrons. The van der Waals surface area contributed by atoms with E-state index in [0.717, 1.165) is 0 Å². The van der Waals surface area contributed by atoms with E-state index in [9.17, 15) is 18.0 Å². The molecular weight excluding hydrogens is 197 g/mol. The molecule has 0 aliphatic heterocycles. The molecule has 1 atom stereocenters. The lowest BCUT2D eigenvalue weighted by Crippen LogP contribution is -2.25. The summed E-state index contributed by atoms with van der Waals surface area (Å²) in [6.45, 7) is 7.30. The summed E-state index contributed by atoms with van der Waals surface area (Å²) in [4.78, 5) is 10.8. The van der Waals surface area contributed by atoms with E-state index < -0.39 is 12.3 Å². The highest BCUT2D eigenvalue weighted by Gasteiger charge is 2.35. The average Bonchev–Trinajstić information content (AvgIpc) is 1.79. The molecule has 0 aromatic rings. The van der Waals surface area contributed by atoms with Gasteiger partial charge in [0.25, 0.3) is 0 Å². The maximum Gasteiger partial charge on any atom is 0.575 e. The second-order valence-corrected chi connectivity index (χ2v) is 4.39. The van der Waals surface area contributed by atoms with E-state index in [2.05, 4.69) is 4.74 Å². The molecular formula is C9H15F3O2. The van der Waals surface area contributed by atoms with Crippen LogP contribution in [0.15, 0.2) is 0 Å². The predicted octanol–water partition coefficient (Wildman–Crippen LogP) is 3.12. The molecule has 2 nitrogen and oxygen atoms in total. The number of carbonyl (C=O) groups is 1. The minimum Gasteiger partial charge on any atom is -0.373 e. The van der Waals surface area contributed by atoms with Gasteiger partial charge in [-0.15, -0.1) is 13.2 Å². The minimum absolute atomic E-state index is 0.155. The van der Waals surface area contributed by atoms with Crippen LogP contribution in [0.4, 0.5) is 13.2 Å². The van der Waals surface area contributed by atoms with Gasteiger partial charge in [-0.1, -0.05) is 27.7 Å². The van der Waals surface area contributed by atoms with Crippen LogP contribution in [0.2, 0.25) is 0 Å². The van der Waals surface area contributed by atoms with Crippen molar-refractivity contribution in [2.75, 3.05) is 0 Å². The molecule has 0 aromatic carbocycles. The van der Waals surface area contributed by atoms with Crippen LogP contribution >= 0.6 is 0 Å². The summed E-state index contributed by atoms with van der Waals surface area (Å²) in [6, 6.07) is 0. The zero-order valence-electron chi connectivity index (χ0n) is 8.73. The van der Waals surface area contributed by atoms with Crippen molar-refractivity contribution in [2.45, 2.75) is 40.5 Å². The predicted molar refractivity (Wildman–Crippen MR) is 45.4 cm³/mol. The van der Waals surface area contributed by atoms with Crippen LogP contribution in [0.25, 0.3) is 0 Å². The topological polar surface area (TPSA) is 26.3 Å². The van der Waals surface area contributed by atoms with Crippen molar-refractivity contribution in [2.24, 2.45) is 11.3 Å². The summed E-state index contributed by atoms with van der Waals surface area (Å²) in [7, 11) is 0. The van der Waals surface area contributed by atoms with Crippen molar-refractivity contribution >= 4 is 5.97 Å². The van der Waals surface area contributed by atoms with E-state index in [4.69, 9.17) is 0 Å². The van der Waals surface area contributed by atoms with Crippen LogP contribution in [0.5, 0.6) is 0 Å². The number of esters is 1. The summed E-state index contributed by atoms with van der Waals surface area (Å²) in [5.41, 5.74) is -0.204. The molecule has 0 bridgehead atoms. The number of hydrogen-bond acceptors (Lipinski definition) is 2. The lowest BCUT2D eigenvalue weighted by molar-refractivity contribution is -0.306. The summed E-state index contributed by atoms with van der Waals surface area (Å²) in [5, 5.41) is 0. The van der Waals surface area contributed by atoms with Gasteiger partial charge in [0.1, 0.15) is 0 Å². The fraction of sp³-hybridized carbons (Fsp3) is 0.889. The van der Waals surface area contributed by atoms with Crippen molar-refractivity contribution in [3.05, 3.63) is 0 Å². The van der Waals surface area contributed by atoms with Crippen molar-refractivity contribution < 1.29 is 22.7 Å². The Bertz CT molecular complexity index is 203. The van der Waals surface area contributed by atoms with Crippen molar-refractivity contribution in [3.8, 4) is 0 Å². The maximum atomic E-state index is 11.6. The van der Waals surface area contributed by atoms with Crippen LogP contribution in [0.3, 0.4) is 0 Å². The summed E-state index contributed by atoms with van der Waals surface area (Å²) >= 11 is 0. The maximum absolute atomic E-state index is 11.6. The van der Waals surface area contributed by atoms with E-state index in [1.165, 1.54) is 0 Å². The average molecular weight is 212 g/mol. The summed E-state index contributed by atoms with van der Waals surface area (Å²) in [6.07, 6.45) is -5.09. The van der Waals surface area contributed by atoms with Gasteiger partial charge in [-0.05, 0) is 11.3 Å². The normalized spacial score (nSPS) is 15.1. The first-order chi connectivity index (χ1) is 6.02. The highest BCUT2D eigenvalue weighted by molar-refractivity contribution is 5.69. The smallest absolute Gasteiger partial charge is 0.373 e. The lowest BCUT2D eigenvalue weighted by atomic mass is 9.80. The van der Waals surface area contributed by atoms with Crippen LogP contribution in [-0.2, 0) is 9.53 Å². The number of rotatable bonds is 2. The molecule has 0 radical (unpaired) electrons. The van der Waals surface area contributed by atoms with Gasteiger partial charge >= 0.3 is 12.3 Å². The first-order valence-electron chi connectivity index (χ1n) is 4.31. The van der Waals surface area contributed by atoms with Crippen LogP contribution in [0, 0.1) is 11.3 Å². The Morgan fingerprint density at radius 1 is 1.29 bits per heavy atom. The second-order valence-electron chi connectivity index (χ2n) is 4.39. The van der Waals surface area contributed by atoms with Gasteiger partial charge < -0.3 is 4.74 Å². The first-order valence-corrected chi connectivity index (χ1v) is 4.31. The molecule has 1 unspecified atom stereocenters. The van der Waals surface area contributed by atoms with Gasteiger partial charge in [0.2, 0.25) is 0 Å². The van der Waals surface area contributed by atoms with Gasteiger partial charge in [-0.3, -0.25) is 4.79 Å². The molecule has 0 heterocycles. The van der Waals surface area contributed by atoms with Crippen molar-refractivity contribution in [3.63, 3.8) is 0 Å². The van der Waals surface area contributed by atoms with Crippen molar-refractivity contribution in [1.29, 1.82) is 0 Å². The largest absolute Gasteiger partial charge is 0.575 e. The number of hydrogen-bond donors (Lipinski definition) is 0. The highest BCUT2D eigenvalue weighted by Crippen LogP contribution is 2.29. The third-order valence-electron chi connectivity index (χ3n) is 2.18. The Morgan fingerprint density at radius 2 is 1.71 bits per heavy atom. The van der Waals surface area contributed by atoms with Crippen LogP contribution < -0.4 is 0 Å². The Kier molecular flexibility index (Phi) is 3.97.